The van der Waals surface area contributed by atoms with Crippen LogP contribution < -0.4 is 5.32 Å². The number of nitrogens with zero attached hydrogens (tertiary/aromatic N) is 2. The largest absolute Gasteiger partial charge is 0.467 e. The highest BCUT2D eigenvalue weighted by Gasteiger charge is 2.56. The molecular formula is C19H27N3O4. The van der Waals surface area contributed by atoms with Gasteiger partial charge in [0.2, 0.25) is 5.91 Å². The Morgan fingerprint density at radius 2 is 2.12 bits per heavy atom. The fourth-order valence-electron chi connectivity index (χ4n) is 4.63. The van der Waals surface area contributed by atoms with Gasteiger partial charge in [0.25, 0.3) is 5.91 Å². The van der Waals surface area contributed by atoms with Crippen LogP contribution in [0.2, 0.25) is 0 Å². The smallest absolute Gasteiger partial charge is 0.325 e. The second kappa shape index (κ2) is 6.45. The van der Waals surface area contributed by atoms with E-state index in [9.17, 15) is 14.4 Å². The number of imide groups is 1. The van der Waals surface area contributed by atoms with E-state index in [4.69, 9.17) is 4.42 Å². The quantitative estimate of drug-likeness (QED) is 0.835. The first-order valence-electron chi connectivity index (χ1n) is 9.02. The minimum absolute atomic E-state index is 0.0310. The molecule has 0 unspecified atom stereocenters. The second-order valence-corrected chi connectivity index (χ2v) is 8.59. The lowest BCUT2D eigenvalue weighted by Gasteiger charge is -2.43. The number of carbonyl (C=O) groups excluding carboxylic acids is 3. The standard InChI is InChI=1S/C19H27N3O4/c1-13-8-18(2,3)12-19(9-13)16(24)22(17(25)20-19)11-15(23)21(4)10-14-6-5-7-26-14/h5-7,13H,8-12H2,1-4H3,(H,20,25)/t13-,19+/m1/s1. The van der Waals surface area contributed by atoms with Crippen molar-refractivity contribution in [2.24, 2.45) is 11.3 Å². The van der Waals surface area contributed by atoms with Crippen molar-refractivity contribution in [1.82, 2.24) is 15.1 Å². The van der Waals surface area contributed by atoms with Crippen LogP contribution in [0.1, 0.15) is 45.8 Å². The Kier molecular flexibility index (Phi) is 4.58. The van der Waals surface area contributed by atoms with Crippen molar-refractivity contribution in [1.29, 1.82) is 0 Å². The van der Waals surface area contributed by atoms with E-state index in [1.165, 1.54) is 4.90 Å². The van der Waals surface area contributed by atoms with Gasteiger partial charge < -0.3 is 14.6 Å². The van der Waals surface area contributed by atoms with Crippen molar-refractivity contribution in [3.05, 3.63) is 24.2 Å². The van der Waals surface area contributed by atoms with Gasteiger partial charge in [-0.1, -0.05) is 20.8 Å². The van der Waals surface area contributed by atoms with Crippen molar-refractivity contribution in [2.75, 3.05) is 13.6 Å². The zero-order valence-corrected chi connectivity index (χ0v) is 15.9. The lowest BCUT2D eigenvalue weighted by Crippen LogP contribution is -2.54. The van der Waals surface area contributed by atoms with Crippen LogP contribution in [0.25, 0.3) is 0 Å². The van der Waals surface area contributed by atoms with E-state index in [0.29, 0.717) is 31.1 Å². The molecule has 1 saturated carbocycles. The topological polar surface area (TPSA) is 82.9 Å². The van der Waals surface area contributed by atoms with Gasteiger partial charge in [0.15, 0.2) is 0 Å². The summed E-state index contributed by atoms with van der Waals surface area (Å²) in [5.74, 6) is 0.407. The van der Waals surface area contributed by atoms with Crippen LogP contribution in [0.5, 0.6) is 0 Å². The van der Waals surface area contributed by atoms with Gasteiger partial charge in [-0.2, -0.15) is 0 Å². The first-order chi connectivity index (χ1) is 12.1. The van der Waals surface area contributed by atoms with E-state index < -0.39 is 11.6 Å². The summed E-state index contributed by atoms with van der Waals surface area (Å²) in [6.45, 7) is 6.39. The highest BCUT2D eigenvalue weighted by molar-refractivity contribution is 6.09. The molecule has 4 amide bonds. The maximum atomic E-state index is 13.1. The van der Waals surface area contributed by atoms with Crippen LogP contribution in [0.3, 0.4) is 0 Å². The number of likely N-dealkylation sites (N-methyl/N-ethyl adjacent to an activating group) is 1. The van der Waals surface area contributed by atoms with Gasteiger partial charge in [-0.15, -0.1) is 0 Å². The van der Waals surface area contributed by atoms with Crippen LogP contribution >= 0.6 is 0 Å². The van der Waals surface area contributed by atoms with Crippen molar-refractivity contribution in [2.45, 2.75) is 52.1 Å². The molecule has 26 heavy (non-hydrogen) atoms. The van der Waals surface area contributed by atoms with Crippen molar-refractivity contribution in [3.63, 3.8) is 0 Å². The number of amides is 4. The molecule has 7 heteroatoms. The molecule has 2 heterocycles. The molecule has 0 radical (unpaired) electrons. The van der Waals surface area contributed by atoms with Crippen molar-refractivity contribution < 1.29 is 18.8 Å². The highest BCUT2D eigenvalue weighted by atomic mass is 16.3. The summed E-state index contributed by atoms with van der Waals surface area (Å²) in [7, 11) is 1.63. The Hall–Kier alpha value is -2.31. The SMILES string of the molecule is C[C@@H]1CC(C)(C)C[C@]2(C1)NC(=O)N(CC(=O)N(C)Cc1ccco1)C2=O. The molecule has 1 spiro atoms. The van der Waals surface area contributed by atoms with E-state index in [-0.39, 0.29) is 23.8 Å². The molecule has 1 saturated heterocycles. The molecular weight excluding hydrogens is 334 g/mol. The van der Waals surface area contributed by atoms with Gasteiger partial charge in [-0.3, -0.25) is 14.5 Å². The maximum absolute atomic E-state index is 13.1. The zero-order chi connectivity index (χ0) is 19.1. The summed E-state index contributed by atoms with van der Waals surface area (Å²) in [6, 6.07) is 3.05. The molecule has 1 aliphatic heterocycles. The molecule has 1 N–H and O–H groups in total. The minimum Gasteiger partial charge on any atom is -0.467 e. The molecule has 3 rings (SSSR count). The number of furan rings is 1. The van der Waals surface area contributed by atoms with Gasteiger partial charge in [-0.05, 0) is 42.7 Å². The van der Waals surface area contributed by atoms with Gasteiger partial charge in [0, 0.05) is 7.05 Å². The summed E-state index contributed by atoms with van der Waals surface area (Å²) in [5.41, 5.74) is -0.908. The van der Waals surface area contributed by atoms with E-state index in [1.54, 1.807) is 25.4 Å². The van der Waals surface area contributed by atoms with E-state index in [0.717, 1.165) is 11.3 Å². The Bertz CT molecular complexity index is 712. The number of urea groups is 1. The molecule has 2 atom stereocenters. The van der Waals surface area contributed by atoms with Crippen LogP contribution in [-0.2, 0) is 16.1 Å². The monoisotopic (exact) mass is 361 g/mol. The van der Waals surface area contributed by atoms with Gasteiger partial charge in [0.1, 0.15) is 17.8 Å². The second-order valence-electron chi connectivity index (χ2n) is 8.59. The number of rotatable bonds is 4. The lowest BCUT2D eigenvalue weighted by atomic mass is 9.64. The molecule has 7 nitrogen and oxygen atoms in total. The molecule has 2 aliphatic rings. The van der Waals surface area contributed by atoms with E-state index >= 15 is 0 Å². The number of hydrogen-bond donors (Lipinski definition) is 1. The summed E-state index contributed by atoms with van der Waals surface area (Å²) >= 11 is 0. The predicted molar refractivity (Wildman–Crippen MR) is 95.0 cm³/mol. The number of hydrogen-bond acceptors (Lipinski definition) is 4. The van der Waals surface area contributed by atoms with Crippen LogP contribution in [-0.4, -0.2) is 46.8 Å². The highest BCUT2D eigenvalue weighted by Crippen LogP contribution is 2.46. The molecule has 1 aromatic heterocycles. The number of nitrogens with one attached hydrogen (secondary N) is 1. The van der Waals surface area contributed by atoms with Crippen LogP contribution in [0, 0.1) is 11.3 Å². The van der Waals surface area contributed by atoms with Crippen molar-refractivity contribution in [3.8, 4) is 0 Å². The minimum atomic E-state index is -0.877. The molecule has 1 aliphatic carbocycles. The Morgan fingerprint density at radius 1 is 1.38 bits per heavy atom. The van der Waals surface area contributed by atoms with Crippen LogP contribution in [0.15, 0.2) is 22.8 Å². The van der Waals surface area contributed by atoms with E-state index in [1.807, 2.05) is 0 Å². The Balaban J connectivity index is 1.70. The molecule has 1 aromatic rings. The Labute approximate surface area is 153 Å². The first kappa shape index (κ1) is 18.5. The number of carbonyl (C=O) groups is 3. The average Bonchev–Trinajstić information content (AvgIpc) is 3.08. The summed E-state index contributed by atoms with van der Waals surface area (Å²) < 4.78 is 5.24. The fourth-order valence-corrected chi connectivity index (χ4v) is 4.63. The lowest BCUT2D eigenvalue weighted by molar-refractivity contribution is -0.140. The zero-order valence-electron chi connectivity index (χ0n) is 15.9. The molecule has 0 aromatic carbocycles. The summed E-state index contributed by atoms with van der Waals surface area (Å²) in [6.07, 6.45) is 3.78. The van der Waals surface area contributed by atoms with Crippen LogP contribution in [0.4, 0.5) is 4.79 Å². The third-order valence-electron chi connectivity index (χ3n) is 5.32. The van der Waals surface area contributed by atoms with Crippen molar-refractivity contribution >= 4 is 17.8 Å². The summed E-state index contributed by atoms with van der Waals surface area (Å²) in [5, 5.41) is 2.89. The first-order valence-corrected chi connectivity index (χ1v) is 9.02. The molecule has 0 bridgehead atoms. The third-order valence-corrected chi connectivity index (χ3v) is 5.32. The molecule has 142 valence electrons. The van der Waals surface area contributed by atoms with Gasteiger partial charge >= 0.3 is 6.03 Å². The Morgan fingerprint density at radius 3 is 2.73 bits per heavy atom. The summed E-state index contributed by atoms with van der Waals surface area (Å²) in [4.78, 5) is 40.5. The predicted octanol–water partition coefficient (Wildman–Crippen LogP) is 2.37. The van der Waals surface area contributed by atoms with Gasteiger partial charge in [-0.25, -0.2) is 4.79 Å². The normalized spacial score (nSPS) is 27.7. The van der Waals surface area contributed by atoms with Gasteiger partial charge in [0.05, 0.1) is 12.8 Å². The van der Waals surface area contributed by atoms with E-state index in [2.05, 4.69) is 26.1 Å². The average molecular weight is 361 g/mol. The third kappa shape index (κ3) is 3.48. The maximum Gasteiger partial charge on any atom is 0.325 e. The fraction of sp³-hybridized carbons (Fsp3) is 0.632. The molecule has 2 fully saturated rings.